The number of nitrogens with zero attached hydrogens (tertiary/aromatic N) is 3. The van der Waals surface area contributed by atoms with Crippen molar-refractivity contribution < 1.29 is 19.1 Å². The first-order valence-electron chi connectivity index (χ1n) is 14.4. The van der Waals surface area contributed by atoms with Crippen molar-refractivity contribution in [3.8, 4) is 11.6 Å². The lowest BCUT2D eigenvalue weighted by atomic mass is 9.92. The van der Waals surface area contributed by atoms with Crippen LogP contribution in [-0.2, 0) is 12.8 Å². The number of hydrogen-bond acceptors (Lipinski definition) is 7. The van der Waals surface area contributed by atoms with Crippen molar-refractivity contribution in [2.24, 2.45) is 0 Å². The summed E-state index contributed by atoms with van der Waals surface area (Å²) < 4.78 is 16.9. The minimum atomic E-state index is -0.670. The lowest BCUT2D eigenvalue weighted by Crippen LogP contribution is -2.56. The summed E-state index contributed by atoms with van der Waals surface area (Å²) in [6.45, 7) is 5.16. The van der Waals surface area contributed by atoms with Crippen LogP contribution < -0.4 is 9.47 Å². The molecule has 1 aromatic heterocycles. The molecule has 4 aromatic rings. The van der Waals surface area contributed by atoms with Gasteiger partial charge in [-0.1, -0.05) is 66.7 Å². The molecule has 0 amide bonds. The van der Waals surface area contributed by atoms with E-state index in [4.69, 9.17) is 14.0 Å². The van der Waals surface area contributed by atoms with Gasteiger partial charge in [0.1, 0.15) is 11.9 Å². The Kier molecular flexibility index (Phi) is 8.19. The molecule has 3 aromatic carbocycles. The number of aliphatic hydroxyl groups is 1. The molecule has 2 aliphatic rings. The Hall–Kier alpha value is -3.91. The summed E-state index contributed by atoms with van der Waals surface area (Å²) in [5.74, 6) is 1.72. The third kappa shape index (κ3) is 5.93. The van der Waals surface area contributed by atoms with E-state index in [2.05, 4.69) is 63.5 Å². The zero-order valence-corrected chi connectivity index (χ0v) is 23.6. The van der Waals surface area contributed by atoms with E-state index in [9.17, 15) is 5.11 Å². The maximum Gasteiger partial charge on any atom is 0.254 e. The highest BCUT2D eigenvalue weighted by Gasteiger charge is 2.34. The first kappa shape index (κ1) is 27.3. The van der Waals surface area contributed by atoms with Crippen LogP contribution in [0.15, 0.2) is 83.4 Å². The van der Waals surface area contributed by atoms with Gasteiger partial charge < -0.3 is 19.1 Å². The number of para-hydroxylation sites is 1. The first-order valence-corrected chi connectivity index (χ1v) is 14.4. The molecule has 0 radical (unpaired) electrons. The Morgan fingerprint density at radius 3 is 2.15 bits per heavy atom. The second-order valence-corrected chi connectivity index (χ2v) is 10.8. The number of aliphatic hydroxyl groups excluding tert-OH is 1. The Balaban J connectivity index is 1.19. The predicted octanol–water partition coefficient (Wildman–Crippen LogP) is 5.45. The number of piperazine rings is 1. The van der Waals surface area contributed by atoms with Crippen LogP contribution in [0.1, 0.15) is 46.5 Å². The minimum Gasteiger partial charge on any atom is -0.479 e. The van der Waals surface area contributed by atoms with Gasteiger partial charge >= 0.3 is 0 Å². The van der Waals surface area contributed by atoms with Crippen molar-refractivity contribution in [3.05, 3.63) is 112 Å². The van der Waals surface area contributed by atoms with Gasteiger partial charge in [0, 0.05) is 37.8 Å². The zero-order valence-electron chi connectivity index (χ0n) is 23.6. The molecule has 2 unspecified atom stereocenters. The summed E-state index contributed by atoms with van der Waals surface area (Å²) in [5.41, 5.74) is 6.60. The number of aryl methyl sites for hydroxylation is 2. The number of benzene rings is 3. The van der Waals surface area contributed by atoms with Gasteiger partial charge in [-0.25, -0.2) is 0 Å². The molecule has 1 N–H and O–H groups in total. The summed E-state index contributed by atoms with van der Waals surface area (Å²) in [6.07, 6.45) is 4.75. The molecule has 1 saturated heterocycles. The normalized spacial score (nSPS) is 17.9. The van der Waals surface area contributed by atoms with E-state index in [1.54, 1.807) is 20.1 Å². The number of fused-ring (bicyclic) bond motifs is 2. The van der Waals surface area contributed by atoms with Crippen LogP contribution in [0.3, 0.4) is 0 Å². The molecule has 1 aliphatic heterocycles. The summed E-state index contributed by atoms with van der Waals surface area (Å²) in [4.78, 5) is 4.86. The highest BCUT2D eigenvalue weighted by molar-refractivity contribution is 5.71. The standard InChI is InChI=1S/C34H37N3O4/c1-24(38)34(40-31-14-8-5-11-27(31)17-18-28-23-32(39-2)35-41-28)37-21-19-36(20-22-37)33-29-12-6-3-9-25(29)15-16-26-10-4-7-13-30(26)33/h3-14,17-18,23-24,33-34,38H,15-16,19-22H2,1-2H3/b18-17-. The van der Waals surface area contributed by atoms with Gasteiger partial charge in [-0.2, -0.15) is 0 Å². The third-order valence-electron chi connectivity index (χ3n) is 8.16. The van der Waals surface area contributed by atoms with Gasteiger partial charge in [-0.15, -0.1) is 0 Å². The van der Waals surface area contributed by atoms with Gasteiger partial charge in [0.05, 0.1) is 13.2 Å². The molecule has 41 heavy (non-hydrogen) atoms. The van der Waals surface area contributed by atoms with Crippen molar-refractivity contribution in [1.29, 1.82) is 0 Å². The van der Waals surface area contributed by atoms with E-state index < -0.39 is 12.3 Å². The molecule has 2 atom stereocenters. The van der Waals surface area contributed by atoms with Crippen molar-refractivity contribution in [3.63, 3.8) is 0 Å². The average molecular weight is 552 g/mol. The third-order valence-corrected chi connectivity index (χ3v) is 8.16. The highest BCUT2D eigenvalue weighted by atomic mass is 16.5. The van der Waals surface area contributed by atoms with E-state index >= 15 is 0 Å². The predicted molar refractivity (Wildman–Crippen MR) is 160 cm³/mol. The summed E-state index contributed by atoms with van der Waals surface area (Å²) >= 11 is 0. The molecule has 2 heterocycles. The molecule has 0 bridgehead atoms. The fourth-order valence-electron chi connectivity index (χ4n) is 6.09. The Labute approximate surface area is 241 Å². The van der Waals surface area contributed by atoms with Gasteiger partial charge in [0.25, 0.3) is 5.88 Å². The van der Waals surface area contributed by atoms with Gasteiger partial charge in [-0.3, -0.25) is 9.80 Å². The Morgan fingerprint density at radius 2 is 1.51 bits per heavy atom. The summed E-state index contributed by atoms with van der Waals surface area (Å²) in [6, 6.07) is 27.6. The van der Waals surface area contributed by atoms with Crippen LogP contribution in [0.25, 0.3) is 12.2 Å². The van der Waals surface area contributed by atoms with Crippen LogP contribution >= 0.6 is 0 Å². The molecule has 0 spiro atoms. The SMILES string of the molecule is COc1cc(/C=C\c2ccccc2OC(C(C)O)N2CCN(C3c4ccccc4CCc4ccccc43)CC2)on1. The monoisotopic (exact) mass is 551 g/mol. The Morgan fingerprint density at radius 1 is 0.878 bits per heavy atom. The van der Waals surface area contributed by atoms with Gasteiger partial charge in [0.2, 0.25) is 0 Å². The molecule has 7 nitrogen and oxygen atoms in total. The average Bonchev–Trinajstić information content (AvgIpc) is 3.41. The quantitative estimate of drug-likeness (QED) is 0.313. The lowest BCUT2D eigenvalue weighted by molar-refractivity contribution is -0.0771. The molecular weight excluding hydrogens is 514 g/mol. The summed E-state index contributed by atoms with van der Waals surface area (Å²) in [5, 5.41) is 14.7. The lowest BCUT2D eigenvalue weighted by Gasteiger charge is -2.43. The topological polar surface area (TPSA) is 71.2 Å². The van der Waals surface area contributed by atoms with Gasteiger partial charge in [-0.05, 0) is 65.4 Å². The second-order valence-electron chi connectivity index (χ2n) is 10.8. The van der Waals surface area contributed by atoms with E-state index in [-0.39, 0.29) is 6.04 Å². The zero-order chi connectivity index (χ0) is 28.2. The van der Waals surface area contributed by atoms with Crippen LogP contribution in [-0.4, -0.2) is 65.7 Å². The molecule has 0 saturated carbocycles. The van der Waals surface area contributed by atoms with Crippen molar-refractivity contribution in [2.75, 3.05) is 33.3 Å². The van der Waals surface area contributed by atoms with E-state index in [0.717, 1.165) is 44.6 Å². The van der Waals surface area contributed by atoms with E-state index in [0.29, 0.717) is 17.4 Å². The molecule has 212 valence electrons. The molecule has 1 fully saturated rings. The van der Waals surface area contributed by atoms with E-state index in [1.807, 2.05) is 36.4 Å². The number of hydrogen-bond donors (Lipinski definition) is 1. The second kappa shape index (κ2) is 12.3. The molecule has 1 aliphatic carbocycles. The van der Waals surface area contributed by atoms with Crippen LogP contribution in [0.4, 0.5) is 0 Å². The molecule has 6 rings (SSSR count). The minimum absolute atomic E-state index is 0.235. The smallest absolute Gasteiger partial charge is 0.254 e. The first-order chi connectivity index (χ1) is 20.1. The molecule has 7 heteroatoms. The van der Waals surface area contributed by atoms with Crippen molar-refractivity contribution in [1.82, 2.24) is 15.0 Å². The van der Waals surface area contributed by atoms with Crippen molar-refractivity contribution >= 4 is 12.2 Å². The van der Waals surface area contributed by atoms with Crippen molar-refractivity contribution in [2.45, 2.75) is 38.1 Å². The fraction of sp³-hybridized carbons (Fsp3) is 0.324. The number of aromatic nitrogens is 1. The molecular formula is C34H37N3O4. The summed E-state index contributed by atoms with van der Waals surface area (Å²) in [7, 11) is 1.55. The fourth-order valence-corrected chi connectivity index (χ4v) is 6.09. The van der Waals surface area contributed by atoms with Crippen LogP contribution in [0.5, 0.6) is 11.6 Å². The maximum absolute atomic E-state index is 10.8. The van der Waals surface area contributed by atoms with Crippen LogP contribution in [0, 0.1) is 0 Å². The van der Waals surface area contributed by atoms with Crippen LogP contribution in [0.2, 0.25) is 0 Å². The Bertz CT molecular complexity index is 1440. The number of rotatable bonds is 8. The largest absolute Gasteiger partial charge is 0.479 e. The maximum atomic E-state index is 10.8. The number of ether oxygens (including phenoxy) is 2. The number of methoxy groups -OCH3 is 1. The highest BCUT2D eigenvalue weighted by Crippen LogP contribution is 2.37. The van der Waals surface area contributed by atoms with Gasteiger partial charge in [0.15, 0.2) is 12.0 Å². The van der Waals surface area contributed by atoms with E-state index in [1.165, 1.54) is 22.3 Å².